The maximum absolute atomic E-state index is 12.8. The number of nitrogens with zero attached hydrogens (tertiary/aromatic N) is 1. The van der Waals surface area contributed by atoms with Gasteiger partial charge in [0.1, 0.15) is 5.92 Å². The number of esters is 1. The predicted molar refractivity (Wildman–Crippen MR) is 128 cm³/mol. The van der Waals surface area contributed by atoms with Gasteiger partial charge in [-0.2, -0.15) is 5.26 Å². The van der Waals surface area contributed by atoms with Gasteiger partial charge in [-0.1, -0.05) is 64.8 Å². The van der Waals surface area contributed by atoms with E-state index in [2.05, 4.69) is 16.7 Å². The molecule has 2 atom stereocenters. The van der Waals surface area contributed by atoms with E-state index in [1.165, 1.54) is 6.07 Å². The zero-order chi connectivity index (χ0) is 24.1. The lowest BCUT2D eigenvalue weighted by Crippen LogP contribution is -2.44. The van der Waals surface area contributed by atoms with Gasteiger partial charge in [-0.15, -0.1) is 0 Å². The molecule has 11 heteroatoms. The lowest BCUT2D eigenvalue weighted by molar-refractivity contribution is -0.150. The zero-order valence-electron chi connectivity index (χ0n) is 17.0. The van der Waals surface area contributed by atoms with Gasteiger partial charge < -0.3 is 15.4 Å². The Morgan fingerprint density at radius 1 is 1.15 bits per heavy atom. The van der Waals surface area contributed by atoms with Gasteiger partial charge in [0.15, 0.2) is 0 Å². The first kappa shape index (κ1) is 24.9. The van der Waals surface area contributed by atoms with E-state index in [4.69, 9.17) is 39.5 Å². The highest BCUT2D eigenvalue weighted by atomic mass is 35.5. The van der Waals surface area contributed by atoms with E-state index >= 15 is 0 Å². The number of nitrogens with one attached hydrogen (secondary N) is 2. The Balaban J connectivity index is 1.89. The molecule has 0 aliphatic carbocycles. The fraction of sp³-hybridized carbons (Fsp3) is 0.182. The number of thioether (sulfide) groups is 1. The molecule has 0 spiro atoms. The van der Waals surface area contributed by atoms with Crippen molar-refractivity contribution in [3.8, 4) is 6.07 Å². The number of allylic oxidation sites excluding steroid dienone is 1. The molecule has 0 fully saturated rings. The maximum Gasteiger partial charge on any atom is 0.319 e. The summed E-state index contributed by atoms with van der Waals surface area (Å²) in [5.74, 6) is -4.25. The third kappa shape index (κ3) is 5.63. The van der Waals surface area contributed by atoms with Crippen LogP contribution in [0.4, 0.5) is 5.69 Å². The summed E-state index contributed by atoms with van der Waals surface area (Å²) >= 11 is 19.1. The van der Waals surface area contributed by atoms with Crippen molar-refractivity contribution in [3.05, 3.63) is 73.7 Å². The van der Waals surface area contributed by atoms with Crippen LogP contribution < -0.4 is 10.6 Å². The van der Waals surface area contributed by atoms with Crippen LogP contribution >= 0.6 is 46.6 Å². The summed E-state index contributed by atoms with van der Waals surface area (Å²) in [6, 6.07) is 13.3. The summed E-state index contributed by atoms with van der Waals surface area (Å²) in [5, 5.41) is 16.2. The topological polar surface area (TPSA) is 108 Å². The van der Waals surface area contributed by atoms with Crippen LogP contribution in [0.15, 0.2) is 53.1 Å². The molecule has 7 nitrogen and oxygen atoms in total. The molecule has 2 aromatic rings. The van der Waals surface area contributed by atoms with Crippen molar-refractivity contribution >= 4 is 70.0 Å². The molecular formula is C22H16Cl3N3O4S. The van der Waals surface area contributed by atoms with Crippen molar-refractivity contribution in [2.24, 2.45) is 5.92 Å². The number of ether oxygens (including phenoxy) is 1. The summed E-state index contributed by atoms with van der Waals surface area (Å²) < 4.78 is 4.80. The van der Waals surface area contributed by atoms with Gasteiger partial charge in [-0.25, -0.2) is 0 Å². The van der Waals surface area contributed by atoms with Crippen LogP contribution in [0.1, 0.15) is 11.5 Å². The summed E-state index contributed by atoms with van der Waals surface area (Å²) in [6.07, 6.45) is 0. The lowest BCUT2D eigenvalue weighted by atomic mass is 9.78. The highest BCUT2D eigenvalue weighted by molar-refractivity contribution is 8.03. The molecule has 0 unspecified atom stereocenters. The average molecular weight is 525 g/mol. The minimum Gasteiger partial charge on any atom is -0.468 e. The van der Waals surface area contributed by atoms with Crippen molar-refractivity contribution in [1.29, 1.82) is 5.26 Å². The largest absolute Gasteiger partial charge is 0.468 e. The normalized spacial score (nSPS) is 17.7. The number of methoxy groups -OCH3 is 1. The third-order valence-electron chi connectivity index (χ3n) is 4.77. The van der Waals surface area contributed by atoms with Gasteiger partial charge in [0.05, 0.1) is 39.6 Å². The molecular weight excluding hydrogens is 509 g/mol. The fourth-order valence-electron chi connectivity index (χ4n) is 3.29. The van der Waals surface area contributed by atoms with E-state index in [0.29, 0.717) is 21.3 Å². The van der Waals surface area contributed by atoms with Crippen LogP contribution in [0.25, 0.3) is 0 Å². The number of nitriles is 1. The van der Waals surface area contributed by atoms with Crippen molar-refractivity contribution in [1.82, 2.24) is 5.32 Å². The van der Waals surface area contributed by atoms with E-state index < -0.39 is 29.6 Å². The molecule has 2 amide bonds. The fourth-order valence-corrected chi connectivity index (χ4v) is 4.69. The highest BCUT2D eigenvalue weighted by Crippen LogP contribution is 2.42. The summed E-state index contributed by atoms with van der Waals surface area (Å²) in [6.45, 7) is 0. The second-order valence-electron chi connectivity index (χ2n) is 6.81. The van der Waals surface area contributed by atoms with Gasteiger partial charge in [-0.05, 0) is 29.8 Å². The molecule has 170 valence electrons. The Morgan fingerprint density at radius 3 is 2.52 bits per heavy atom. The molecule has 2 aromatic carbocycles. The van der Waals surface area contributed by atoms with Crippen LogP contribution in [0, 0.1) is 17.2 Å². The number of carbonyl (C=O) groups excluding carboxylic acids is 3. The number of halogens is 3. The first-order chi connectivity index (χ1) is 15.8. The Morgan fingerprint density at radius 2 is 1.88 bits per heavy atom. The van der Waals surface area contributed by atoms with Crippen molar-refractivity contribution < 1.29 is 19.1 Å². The smallest absolute Gasteiger partial charge is 0.319 e. The van der Waals surface area contributed by atoms with E-state index in [1.807, 2.05) is 0 Å². The summed E-state index contributed by atoms with van der Waals surface area (Å²) in [4.78, 5) is 37.7. The molecule has 0 saturated carbocycles. The number of hydrogen-bond acceptors (Lipinski definition) is 6. The van der Waals surface area contributed by atoms with Crippen LogP contribution in [0.3, 0.4) is 0 Å². The Hall–Kier alpha value is -2.70. The van der Waals surface area contributed by atoms with Gasteiger partial charge in [-0.3, -0.25) is 14.4 Å². The second-order valence-corrected chi connectivity index (χ2v) is 9.02. The van der Waals surface area contributed by atoms with Crippen LogP contribution in [0.2, 0.25) is 15.1 Å². The Bertz CT molecular complexity index is 1200. The van der Waals surface area contributed by atoms with Gasteiger partial charge in [0.2, 0.25) is 11.8 Å². The van der Waals surface area contributed by atoms with Gasteiger partial charge in [0, 0.05) is 16.6 Å². The first-order valence-corrected chi connectivity index (χ1v) is 11.5. The minimum absolute atomic E-state index is 0.102. The van der Waals surface area contributed by atoms with E-state index in [-0.39, 0.29) is 21.4 Å². The summed E-state index contributed by atoms with van der Waals surface area (Å²) in [5.41, 5.74) is 0.974. The molecule has 0 saturated heterocycles. The molecule has 1 aliphatic heterocycles. The average Bonchev–Trinajstić information content (AvgIpc) is 2.79. The quantitative estimate of drug-likeness (QED) is 0.417. The molecule has 1 aliphatic rings. The molecule has 2 N–H and O–H groups in total. The minimum atomic E-state index is -1.31. The van der Waals surface area contributed by atoms with Gasteiger partial charge >= 0.3 is 5.97 Å². The highest BCUT2D eigenvalue weighted by Gasteiger charge is 2.45. The molecule has 0 bridgehead atoms. The van der Waals surface area contributed by atoms with Crippen molar-refractivity contribution in [2.45, 2.75) is 5.92 Å². The number of rotatable bonds is 6. The van der Waals surface area contributed by atoms with E-state index in [9.17, 15) is 19.6 Å². The maximum atomic E-state index is 12.8. The zero-order valence-corrected chi connectivity index (χ0v) is 20.1. The Kier molecular flexibility index (Phi) is 8.27. The molecule has 33 heavy (non-hydrogen) atoms. The van der Waals surface area contributed by atoms with Crippen molar-refractivity contribution in [3.63, 3.8) is 0 Å². The van der Waals surface area contributed by atoms with Crippen molar-refractivity contribution in [2.75, 3.05) is 18.2 Å². The monoisotopic (exact) mass is 523 g/mol. The van der Waals surface area contributed by atoms with Crippen LogP contribution in [-0.2, 0) is 19.1 Å². The second kappa shape index (κ2) is 10.9. The number of benzene rings is 2. The standard InChI is InChI=1S/C22H16Cl3N3O4S/c1-32-22(31)19-18(12-4-2-3-5-14(12)23)13(9-26)21(28-20(19)30)33-10-17(29)27-11-6-7-15(24)16(25)8-11/h2-8,18-19H,10H2,1H3,(H,27,29)(H,28,30)/t18-,19+/m0/s1. The molecule has 3 rings (SSSR count). The predicted octanol–water partition coefficient (Wildman–Crippen LogP) is 4.76. The summed E-state index contributed by atoms with van der Waals surface area (Å²) in [7, 11) is 1.16. The van der Waals surface area contributed by atoms with Crippen LogP contribution in [-0.4, -0.2) is 30.6 Å². The van der Waals surface area contributed by atoms with E-state index in [1.54, 1.807) is 36.4 Å². The lowest BCUT2D eigenvalue weighted by Gasteiger charge is -2.31. The number of anilines is 1. The van der Waals surface area contributed by atoms with Gasteiger partial charge in [0.25, 0.3) is 0 Å². The third-order valence-corrected chi connectivity index (χ3v) is 6.88. The van der Waals surface area contributed by atoms with Crippen LogP contribution in [0.5, 0.6) is 0 Å². The SMILES string of the molecule is COC(=O)[C@H]1C(=O)NC(SCC(=O)Nc2ccc(Cl)c(Cl)c2)=C(C#N)[C@@H]1c1ccccc1Cl. The molecule has 0 radical (unpaired) electrons. The number of amides is 2. The van der Waals surface area contributed by atoms with E-state index in [0.717, 1.165) is 18.9 Å². The Labute approximate surface area is 209 Å². The molecule has 0 aromatic heterocycles. The molecule has 1 heterocycles. The first-order valence-electron chi connectivity index (χ1n) is 9.42. The number of carbonyl (C=O) groups is 3. The number of hydrogen-bond donors (Lipinski definition) is 2.